The van der Waals surface area contributed by atoms with Crippen LogP contribution in [0, 0.1) is 17.8 Å². The topological polar surface area (TPSA) is 15.3 Å². The number of hydrogen-bond donors (Lipinski definition) is 1. The van der Waals surface area contributed by atoms with Crippen LogP contribution in [0.4, 0.5) is 0 Å². The van der Waals surface area contributed by atoms with E-state index in [9.17, 15) is 0 Å². The standard InChI is InChI=1S/C15H34N2/c1-7-17(8-2)11-9-10-16-12-15(13(3)4)14(5)6/h13-16H,7-12H2,1-6H3. The smallest absolute Gasteiger partial charge is 0.000687 e. The molecule has 0 saturated heterocycles. The van der Waals surface area contributed by atoms with Gasteiger partial charge in [-0.3, -0.25) is 0 Å². The van der Waals surface area contributed by atoms with Crippen molar-refractivity contribution in [2.24, 2.45) is 17.8 Å². The van der Waals surface area contributed by atoms with Crippen molar-refractivity contribution in [2.45, 2.75) is 48.0 Å². The van der Waals surface area contributed by atoms with E-state index in [1.54, 1.807) is 0 Å². The molecular formula is C15H34N2. The highest BCUT2D eigenvalue weighted by Crippen LogP contribution is 2.19. The molecule has 0 bridgehead atoms. The fraction of sp³-hybridized carbons (Fsp3) is 1.00. The first kappa shape index (κ1) is 16.9. The predicted molar refractivity (Wildman–Crippen MR) is 78.4 cm³/mol. The Bertz CT molecular complexity index is 154. The molecule has 2 nitrogen and oxygen atoms in total. The summed E-state index contributed by atoms with van der Waals surface area (Å²) < 4.78 is 0. The van der Waals surface area contributed by atoms with Crippen LogP contribution in [-0.2, 0) is 0 Å². The third kappa shape index (κ3) is 7.77. The molecule has 0 fully saturated rings. The van der Waals surface area contributed by atoms with Crippen LogP contribution in [0.5, 0.6) is 0 Å². The van der Waals surface area contributed by atoms with Crippen molar-refractivity contribution in [1.29, 1.82) is 0 Å². The molecule has 0 aliphatic heterocycles. The monoisotopic (exact) mass is 242 g/mol. The zero-order valence-electron chi connectivity index (χ0n) is 12.9. The molecule has 0 amide bonds. The van der Waals surface area contributed by atoms with Gasteiger partial charge in [0, 0.05) is 0 Å². The van der Waals surface area contributed by atoms with Crippen molar-refractivity contribution in [3.05, 3.63) is 0 Å². The van der Waals surface area contributed by atoms with E-state index in [0.29, 0.717) is 0 Å². The van der Waals surface area contributed by atoms with Gasteiger partial charge >= 0.3 is 0 Å². The van der Waals surface area contributed by atoms with Gasteiger partial charge in [0.05, 0.1) is 0 Å². The van der Waals surface area contributed by atoms with E-state index < -0.39 is 0 Å². The molecule has 0 aliphatic carbocycles. The van der Waals surface area contributed by atoms with Crippen LogP contribution in [0.1, 0.15) is 48.0 Å². The van der Waals surface area contributed by atoms with Crippen LogP contribution in [0.15, 0.2) is 0 Å². The van der Waals surface area contributed by atoms with Gasteiger partial charge in [0.15, 0.2) is 0 Å². The van der Waals surface area contributed by atoms with E-state index in [1.807, 2.05) is 0 Å². The summed E-state index contributed by atoms with van der Waals surface area (Å²) in [6.45, 7) is 19.7. The molecule has 0 rings (SSSR count). The largest absolute Gasteiger partial charge is 0.316 e. The Morgan fingerprint density at radius 1 is 0.941 bits per heavy atom. The maximum Gasteiger partial charge on any atom is -0.000687 e. The van der Waals surface area contributed by atoms with Crippen LogP contribution >= 0.6 is 0 Å². The fourth-order valence-corrected chi connectivity index (χ4v) is 2.48. The SMILES string of the molecule is CCN(CC)CCCNCC(C(C)C)C(C)C. The molecule has 0 heterocycles. The highest BCUT2D eigenvalue weighted by molar-refractivity contribution is 4.69. The molecule has 0 aromatic heterocycles. The molecule has 0 aromatic rings. The molecule has 0 spiro atoms. The summed E-state index contributed by atoms with van der Waals surface area (Å²) in [6, 6.07) is 0. The molecule has 0 aromatic carbocycles. The van der Waals surface area contributed by atoms with Gasteiger partial charge in [-0.25, -0.2) is 0 Å². The predicted octanol–water partition coefficient (Wildman–Crippen LogP) is 3.24. The summed E-state index contributed by atoms with van der Waals surface area (Å²) in [5.41, 5.74) is 0. The van der Waals surface area contributed by atoms with Crippen molar-refractivity contribution in [3.8, 4) is 0 Å². The highest BCUT2D eigenvalue weighted by Gasteiger charge is 2.16. The van der Waals surface area contributed by atoms with Gasteiger partial charge in [-0.1, -0.05) is 41.5 Å². The van der Waals surface area contributed by atoms with Crippen LogP contribution in [-0.4, -0.2) is 37.6 Å². The van der Waals surface area contributed by atoms with Gasteiger partial charge < -0.3 is 10.2 Å². The van der Waals surface area contributed by atoms with Gasteiger partial charge in [-0.05, 0) is 56.9 Å². The van der Waals surface area contributed by atoms with Crippen molar-refractivity contribution < 1.29 is 0 Å². The van der Waals surface area contributed by atoms with Crippen molar-refractivity contribution in [1.82, 2.24) is 10.2 Å². The van der Waals surface area contributed by atoms with E-state index in [2.05, 4.69) is 51.8 Å². The van der Waals surface area contributed by atoms with Crippen LogP contribution in [0.3, 0.4) is 0 Å². The summed E-state index contributed by atoms with van der Waals surface area (Å²) in [7, 11) is 0. The van der Waals surface area contributed by atoms with Crippen LogP contribution in [0.25, 0.3) is 0 Å². The first-order valence-electron chi connectivity index (χ1n) is 7.45. The molecule has 1 N–H and O–H groups in total. The number of rotatable bonds is 10. The number of nitrogens with one attached hydrogen (secondary N) is 1. The van der Waals surface area contributed by atoms with Gasteiger partial charge in [-0.2, -0.15) is 0 Å². The molecule has 104 valence electrons. The third-order valence-electron chi connectivity index (χ3n) is 3.81. The zero-order valence-corrected chi connectivity index (χ0v) is 12.9. The summed E-state index contributed by atoms with van der Waals surface area (Å²) in [4.78, 5) is 2.49. The van der Waals surface area contributed by atoms with E-state index in [4.69, 9.17) is 0 Å². The lowest BCUT2D eigenvalue weighted by Gasteiger charge is -2.25. The fourth-order valence-electron chi connectivity index (χ4n) is 2.48. The summed E-state index contributed by atoms with van der Waals surface area (Å²) in [6.07, 6.45) is 1.27. The van der Waals surface area contributed by atoms with E-state index >= 15 is 0 Å². The lowest BCUT2D eigenvalue weighted by atomic mass is 9.85. The Morgan fingerprint density at radius 3 is 1.88 bits per heavy atom. The second-order valence-corrected chi connectivity index (χ2v) is 5.74. The van der Waals surface area contributed by atoms with Crippen LogP contribution in [0.2, 0.25) is 0 Å². The molecule has 0 unspecified atom stereocenters. The third-order valence-corrected chi connectivity index (χ3v) is 3.81. The normalized spacial score (nSPS) is 12.4. The first-order valence-corrected chi connectivity index (χ1v) is 7.45. The Hall–Kier alpha value is -0.0800. The molecule has 0 atom stereocenters. The Balaban J connectivity index is 3.62. The highest BCUT2D eigenvalue weighted by atomic mass is 15.1. The number of nitrogens with zero attached hydrogens (tertiary/aromatic N) is 1. The van der Waals surface area contributed by atoms with Gasteiger partial charge in [-0.15, -0.1) is 0 Å². The molecule has 0 aliphatic rings. The molecule has 0 saturated carbocycles. The molecular weight excluding hydrogens is 208 g/mol. The lowest BCUT2D eigenvalue weighted by Crippen LogP contribution is -2.32. The minimum Gasteiger partial charge on any atom is -0.316 e. The Morgan fingerprint density at radius 2 is 1.47 bits per heavy atom. The van der Waals surface area contributed by atoms with Gasteiger partial charge in [0.2, 0.25) is 0 Å². The average Bonchev–Trinajstić information content (AvgIpc) is 2.27. The van der Waals surface area contributed by atoms with Crippen molar-refractivity contribution in [3.63, 3.8) is 0 Å². The molecule has 17 heavy (non-hydrogen) atoms. The minimum atomic E-state index is 0.783. The second-order valence-electron chi connectivity index (χ2n) is 5.74. The number of hydrogen-bond acceptors (Lipinski definition) is 2. The maximum absolute atomic E-state index is 3.63. The zero-order chi connectivity index (χ0) is 13.3. The van der Waals surface area contributed by atoms with Crippen molar-refractivity contribution >= 4 is 0 Å². The van der Waals surface area contributed by atoms with Crippen LogP contribution < -0.4 is 5.32 Å². The van der Waals surface area contributed by atoms with Gasteiger partial charge in [0.25, 0.3) is 0 Å². The Labute approximate surface area is 109 Å². The summed E-state index contributed by atoms with van der Waals surface area (Å²) in [5.74, 6) is 2.37. The van der Waals surface area contributed by atoms with Gasteiger partial charge in [0.1, 0.15) is 0 Å². The summed E-state index contributed by atoms with van der Waals surface area (Å²) >= 11 is 0. The van der Waals surface area contributed by atoms with E-state index in [1.165, 1.54) is 32.6 Å². The molecule has 0 radical (unpaired) electrons. The van der Waals surface area contributed by atoms with E-state index in [0.717, 1.165) is 24.3 Å². The van der Waals surface area contributed by atoms with E-state index in [-0.39, 0.29) is 0 Å². The van der Waals surface area contributed by atoms with Crippen molar-refractivity contribution in [2.75, 3.05) is 32.7 Å². The average molecular weight is 242 g/mol. The lowest BCUT2D eigenvalue weighted by molar-refractivity contribution is 0.267. The summed E-state index contributed by atoms with van der Waals surface area (Å²) in [5, 5.41) is 3.63. The Kier molecular flexibility index (Phi) is 9.85. The second kappa shape index (κ2) is 9.90. The minimum absolute atomic E-state index is 0.783. The first-order chi connectivity index (χ1) is 8.02. The maximum atomic E-state index is 3.63. The molecule has 2 heteroatoms. The quantitative estimate of drug-likeness (QED) is 0.592.